The van der Waals surface area contributed by atoms with Crippen molar-refractivity contribution in [2.75, 3.05) is 13.7 Å². The number of benzene rings is 1. The van der Waals surface area contributed by atoms with E-state index in [-0.39, 0.29) is 12.0 Å². The minimum absolute atomic E-state index is 0.0365. The molecule has 0 heterocycles. The first kappa shape index (κ1) is 16.3. The van der Waals surface area contributed by atoms with Crippen LogP contribution >= 0.6 is 0 Å². The topological polar surface area (TPSA) is 55.5 Å². The molecular formula is C18H29NO2. The minimum Gasteiger partial charge on any atom is -0.496 e. The lowest BCUT2D eigenvalue weighted by Crippen LogP contribution is -2.33. The number of rotatable bonds is 5. The zero-order valence-corrected chi connectivity index (χ0v) is 13.1. The third kappa shape index (κ3) is 4.21. The van der Waals surface area contributed by atoms with E-state index in [1.165, 1.54) is 32.1 Å². The molecule has 2 rings (SSSR count). The number of para-hydroxylation sites is 1. The molecule has 0 bridgehead atoms. The number of methoxy groups -OCH3 is 1. The van der Waals surface area contributed by atoms with Gasteiger partial charge in [-0.3, -0.25) is 0 Å². The highest BCUT2D eigenvalue weighted by atomic mass is 16.5. The molecule has 1 aromatic rings. The Kier molecular flexibility index (Phi) is 6.52. The van der Waals surface area contributed by atoms with Gasteiger partial charge in [0.05, 0.1) is 13.2 Å². The molecule has 2 atom stereocenters. The third-order valence-electron chi connectivity index (χ3n) is 4.84. The highest BCUT2D eigenvalue weighted by Gasteiger charge is 2.29. The minimum atomic E-state index is -0.371. The molecule has 3 heteroatoms. The monoisotopic (exact) mass is 291 g/mol. The SMILES string of the molecule is COc1ccccc1C(CN)C(O)C1CCCCCCC1. The summed E-state index contributed by atoms with van der Waals surface area (Å²) < 4.78 is 5.44. The average molecular weight is 291 g/mol. The molecule has 0 aliphatic heterocycles. The van der Waals surface area contributed by atoms with Crippen LogP contribution in [0.4, 0.5) is 0 Å². The van der Waals surface area contributed by atoms with Crippen LogP contribution in [0.1, 0.15) is 56.4 Å². The van der Waals surface area contributed by atoms with Crippen LogP contribution in [0.5, 0.6) is 5.75 Å². The highest BCUT2D eigenvalue weighted by Crippen LogP contribution is 2.35. The Balaban J connectivity index is 2.14. The Morgan fingerprint density at radius 2 is 1.76 bits per heavy atom. The van der Waals surface area contributed by atoms with Crippen LogP contribution in [0.25, 0.3) is 0 Å². The van der Waals surface area contributed by atoms with E-state index in [1.54, 1.807) is 7.11 Å². The lowest BCUT2D eigenvalue weighted by Gasteiger charge is -2.31. The first-order chi connectivity index (χ1) is 10.3. The van der Waals surface area contributed by atoms with E-state index in [4.69, 9.17) is 10.5 Å². The van der Waals surface area contributed by atoms with Gasteiger partial charge in [0.2, 0.25) is 0 Å². The van der Waals surface area contributed by atoms with Gasteiger partial charge in [-0.25, -0.2) is 0 Å². The van der Waals surface area contributed by atoms with Crippen LogP contribution in [0.15, 0.2) is 24.3 Å². The van der Waals surface area contributed by atoms with Crippen molar-refractivity contribution in [1.29, 1.82) is 0 Å². The normalized spacial score (nSPS) is 20.3. The van der Waals surface area contributed by atoms with Gasteiger partial charge in [0, 0.05) is 18.0 Å². The zero-order valence-electron chi connectivity index (χ0n) is 13.1. The van der Waals surface area contributed by atoms with E-state index in [0.717, 1.165) is 24.2 Å². The molecule has 0 aromatic heterocycles. The van der Waals surface area contributed by atoms with Gasteiger partial charge < -0.3 is 15.6 Å². The maximum Gasteiger partial charge on any atom is 0.122 e. The maximum atomic E-state index is 10.9. The summed E-state index contributed by atoms with van der Waals surface area (Å²) in [4.78, 5) is 0. The Morgan fingerprint density at radius 1 is 1.14 bits per heavy atom. The summed E-state index contributed by atoms with van der Waals surface area (Å²) in [7, 11) is 1.68. The predicted molar refractivity (Wildman–Crippen MR) is 86.6 cm³/mol. The molecule has 21 heavy (non-hydrogen) atoms. The van der Waals surface area contributed by atoms with Gasteiger partial charge in [-0.1, -0.05) is 50.3 Å². The summed E-state index contributed by atoms with van der Waals surface area (Å²) in [5.74, 6) is 1.16. The quantitative estimate of drug-likeness (QED) is 0.873. The number of nitrogens with two attached hydrogens (primary N) is 1. The molecule has 1 saturated carbocycles. The van der Waals surface area contributed by atoms with E-state index in [0.29, 0.717) is 12.5 Å². The fourth-order valence-corrected chi connectivity index (χ4v) is 3.58. The van der Waals surface area contributed by atoms with Crippen molar-refractivity contribution in [3.05, 3.63) is 29.8 Å². The maximum absolute atomic E-state index is 10.9. The van der Waals surface area contributed by atoms with Gasteiger partial charge in [0.15, 0.2) is 0 Å². The number of aliphatic hydroxyl groups excluding tert-OH is 1. The largest absolute Gasteiger partial charge is 0.496 e. The smallest absolute Gasteiger partial charge is 0.122 e. The van der Waals surface area contributed by atoms with E-state index in [9.17, 15) is 5.11 Å². The molecule has 1 aliphatic rings. The van der Waals surface area contributed by atoms with Crippen molar-refractivity contribution in [2.45, 2.75) is 57.0 Å². The predicted octanol–water partition coefficient (Wildman–Crippen LogP) is 3.46. The van der Waals surface area contributed by atoms with Gasteiger partial charge in [-0.2, -0.15) is 0 Å². The van der Waals surface area contributed by atoms with E-state index in [1.807, 2.05) is 24.3 Å². The van der Waals surface area contributed by atoms with Crippen molar-refractivity contribution in [3.63, 3.8) is 0 Å². The van der Waals surface area contributed by atoms with Crippen LogP contribution in [0.2, 0.25) is 0 Å². The van der Waals surface area contributed by atoms with Gasteiger partial charge in [0.25, 0.3) is 0 Å². The van der Waals surface area contributed by atoms with Crippen molar-refractivity contribution in [1.82, 2.24) is 0 Å². The standard InChI is InChI=1S/C18H29NO2/c1-21-17-12-8-7-11-15(17)16(13-19)18(20)14-9-5-3-2-4-6-10-14/h7-8,11-12,14,16,18,20H,2-6,9-10,13,19H2,1H3. The third-order valence-corrected chi connectivity index (χ3v) is 4.84. The fraction of sp³-hybridized carbons (Fsp3) is 0.667. The van der Waals surface area contributed by atoms with Crippen molar-refractivity contribution < 1.29 is 9.84 Å². The highest BCUT2D eigenvalue weighted by molar-refractivity contribution is 5.37. The van der Waals surface area contributed by atoms with Crippen LogP contribution in [-0.2, 0) is 0 Å². The molecule has 1 fully saturated rings. The number of hydrogen-bond acceptors (Lipinski definition) is 3. The van der Waals surface area contributed by atoms with Gasteiger partial charge in [-0.15, -0.1) is 0 Å². The second-order valence-electron chi connectivity index (χ2n) is 6.18. The average Bonchev–Trinajstić information content (AvgIpc) is 2.48. The van der Waals surface area contributed by atoms with Crippen LogP contribution in [0, 0.1) is 5.92 Å². The summed E-state index contributed by atoms with van der Waals surface area (Å²) in [6.45, 7) is 0.456. The van der Waals surface area contributed by atoms with Crippen molar-refractivity contribution >= 4 is 0 Å². The lowest BCUT2D eigenvalue weighted by molar-refractivity contribution is 0.0672. The molecule has 0 spiro atoms. The number of aliphatic hydroxyl groups is 1. The Labute approximate surface area is 128 Å². The molecule has 3 N–H and O–H groups in total. The molecule has 3 nitrogen and oxygen atoms in total. The van der Waals surface area contributed by atoms with Crippen molar-refractivity contribution in [3.8, 4) is 5.75 Å². The van der Waals surface area contributed by atoms with Gasteiger partial charge >= 0.3 is 0 Å². The summed E-state index contributed by atoms with van der Waals surface area (Å²) in [6.07, 6.45) is 8.26. The molecule has 2 unspecified atom stereocenters. The Hall–Kier alpha value is -1.06. The molecule has 0 radical (unpaired) electrons. The molecule has 118 valence electrons. The fourth-order valence-electron chi connectivity index (χ4n) is 3.58. The summed E-state index contributed by atoms with van der Waals surface area (Å²) in [5, 5.41) is 10.9. The molecule has 0 saturated heterocycles. The Bertz CT molecular complexity index is 413. The van der Waals surface area contributed by atoms with E-state index in [2.05, 4.69) is 0 Å². The molecule has 1 aliphatic carbocycles. The summed E-state index contributed by atoms with van der Waals surface area (Å²) in [5.41, 5.74) is 7.03. The molecule has 0 amide bonds. The lowest BCUT2D eigenvalue weighted by atomic mass is 9.79. The van der Waals surface area contributed by atoms with E-state index < -0.39 is 0 Å². The number of ether oxygens (including phenoxy) is 1. The van der Waals surface area contributed by atoms with Gasteiger partial charge in [0.1, 0.15) is 5.75 Å². The first-order valence-corrected chi connectivity index (χ1v) is 8.29. The van der Waals surface area contributed by atoms with Gasteiger partial charge in [-0.05, 0) is 24.8 Å². The van der Waals surface area contributed by atoms with Crippen molar-refractivity contribution in [2.24, 2.45) is 11.7 Å². The zero-order chi connectivity index (χ0) is 15.1. The second-order valence-corrected chi connectivity index (χ2v) is 6.18. The summed E-state index contributed by atoms with van der Waals surface area (Å²) in [6, 6.07) is 7.93. The van der Waals surface area contributed by atoms with Crippen LogP contribution < -0.4 is 10.5 Å². The summed E-state index contributed by atoms with van der Waals surface area (Å²) >= 11 is 0. The first-order valence-electron chi connectivity index (χ1n) is 8.29. The Morgan fingerprint density at radius 3 is 2.38 bits per heavy atom. The van der Waals surface area contributed by atoms with Crippen LogP contribution in [-0.4, -0.2) is 24.9 Å². The van der Waals surface area contributed by atoms with E-state index >= 15 is 0 Å². The second kappa shape index (κ2) is 8.40. The molecule has 1 aromatic carbocycles. The van der Waals surface area contributed by atoms with Crippen LogP contribution in [0.3, 0.4) is 0 Å². The number of hydrogen-bond donors (Lipinski definition) is 2. The molecular weight excluding hydrogens is 262 g/mol.